The monoisotopic (exact) mass is 295 g/mol. The third kappa shape index (κ3) is 2.16. The van der Waals surface area contributed by atoms with Gasteiger partial charge in [0.05, 0.1) is 15.4 Å². The molecular formula is C16H13N3OS. The average molecular weight is 295 g/mol. The standard InChI is InChI=1S/C16H13N3OS/c17-9-10-1-2-12-11(7-10)8-14(18-12)16-4-3-15(21-16)13-5-6-20-19-13/h1-8,18H,9,17H2. The largest absolute Gasteiger partial charge is 0.364 e. The molecule has 0 aliphatic heterocycles. The number of nitrogens with zero attached hydrogens (tertiary/aromatic N) is 1. The minimum atomic E-state index is 0.561. The third-order valence-electron chi connectivity index (χ3n) is 3.48. The fourth-order valence-electron chi connectivity index (χ4n) is 2.40. The molecule has 5 heteroatoms. The van der Waals surface area contributed by atoms with Gasteiger partial charge in [-0.05, 0) is 35.9 Å². The van der Waals surface area contributed by atoms with Crippen LogP contribution in [0.4, 0.5) is 0 Å². The predicted octanol–water partition coefficient (Wildman–Crippen LogP) is 4.01. The number of hydrogen-bond acceptors (Lipinski definition) is 4. The van der Waals surface area contributed by atoms with Crippen LogP contribution in [0, 0.1) is 0 Å². The molecule has 0 spiro atoms. The Kier molecular flexibility index (Phi) is 2.87. The van der Waals surface area contributed by atoms with E-state index in [9.17, 15) is 0 Å². The summed E-state index contributed by atoms with van der Waals surface area (Å²) in [6.07, 6.45) is 1.59. The first-order chi connectivity index (χ1) is 10.3. The van der Waals surface area contributed by atoms with Gasteiger partial charge in [-0.1, -0.05) is 11.2 Å². The van der Waals surface area contributed by atoms with Gasteiger partial charge in [-0.25, -0.2) is 0 Å². The fourth-order valence-corrected chi connectivity index (χ4v) is 3.34. The number of aromatic nitrogens is 2. The first kappa shape index (κ1) is 12.4. The Morgan fingerprint density at radius 1 is 1.10 bits per heavy atom. The molecule has 0 amide bonds. The van der Waals surface area contributed by atoms with Gasteiger partial charge in [-0.15, -0.1) is 11.3 Å². The van der Waals surface area contributed by atoms with Crippen molar-refractivity contribution >= 4 is 22.2 Å². The van der Waals surface area contributed by atoms with Crippen molar-refractivity contribution in [1.29, 1.82) is 0 Å². The summed E-state index contributed by atoms with van der Waals surface area (Å²) in [5, 5.41) is 5.15. The first-order valence-electron chi connectivity index (χ1n) is 6.66. The molecule has 0 fully saturated rings. The summed E-state index contributed by atoms with van der Waals surface area (Å²) in [6.45, 7) is 0.561. The quantitative estimate of drug-likeness (QED) is 0.600. The molecule has 0 aliphatic rings. The van der Waals surface area contributed by atoms with E-state index >= 15 is 0 Å². The number of nitrogens with two attached hydrogens (primary N) is 1. The molecule has 4 nitrogen and oxygen atoms in total. The second-order valence-electron chi connectivity index (χ2n) is 4.86. The highest BCUT2D eigenvalue weighted by Gasteiger charge is 2.09. The number of fused-ring (bicyclic) bond motifs is 1. The molecule has 3 heterocycles. The molecule has 3 aromatic heterocycles. The van der Waals surface area contributed by atoms with Gasteiger partial charge >= 0.3 is 0 Å². The maximum Gasteiger partial charge on any atom is 0.124 e. The van der Waals surface area contributed by atoms with Crippen molar-refractivity contribution in [2.45, 2.75) is 6.54 Å². The molecule has 3 N–H and O–H groups in total. The minimum Gasteiger partial charge on any atom is -0.364 e. The summed E-state index contributed by atoms with van der Waals surface area (Å²) in [6, 6.07) is 14.5. The molecule has 0 bridgehead atoms. The van der Waals surface area contributed by atoms with Crippen molar-refractivity contribution in [3.63, 3.8) is 0 Å². The number of nitrogens with one attached hydrogen (secondary N) is 1. The van der Waals surface area contributed by atoms with E-state index in [0.29, 0.717) is 6.54 Å². The first-order valence-corrected chi connectivity index (χ1v) is 7.48. The highest BCUT2D eigenvalue weighted by atomic mass is 32.1. The Hall–Kier alpha value is -2.37. The van der Waals surface area contributed by atoms with Crippen LogP contribution in [0.2, 0.25) is 0 Å². The zero-order valence-electron chi connectivity index (χ0n) is 11.2. The van der Waals surface area contributed by atoms with Gasteiger partial charge in [0.25, 0.3) is 0 Å². The number of rotatable bonds is 3. The van der Waals surface area contributed by atoms with Gasteiger partial charge in [0.2, 0.25) is 0 Å². The highest BCUT2D eigenvalue weighted by Crippen LogP contribution is 2.34. The number of benzene rings is 1. The zero-order valence-corrected chi connectivity index (χ0v) is 12.0. The van der Waals surface area contributed by atoms with Crippen molar-refractivity contribution in [2.24, 2.45) is 5.73 Å². The smallest absolute Gasteiger partial charge is 0.124 e. The lowest BCUT2D eigenvalue weighted by atomic mass is 10.1. The predicted molar refractivity (Wildman–Crippen MR) is 85.0 cm³/mol. The van der Waals surface area contributed by atoms with Gasteiger partial charge in [0.1, 0.15) is 12.0 Å². The van der Waals surface area contributed by atoms with Crippen molar-refractivity contribution in [1.82, 2.24) is 10.1 Å². The molecule has 0 atom stereocenters. The molecule has 21 heavy (non-hydrogen) atoms. The summed E-state index contributed by atoms with van der Waals surface area (Å²) in [4.78, 5) is 5.72. The summed E-state index contributed by atoms with van der Waals surface area (Å²) in [7, 11) is 0. The van der Waals surface area contributed by atoms with E-state index < -0.39 is 0 Å². The lowest BCUT2D eigenvalue weighted by Crippen LogP contribution is -1.94. The number of thiophene rings is 1. The van der Waals surface area contributed by atoms with Gasteiger partial charge in [-0.3, -0.25) is 0 Å². The van der Waals surface area contributed by atoms with E-state index in [1.165, 1.54) is 10.3 Å². The summed E-state index contributed by atoms with van der Waals surface area (Å²) in [5.41, 5.74) is 9.94. The number of H-pyrrole nitrogens is 1. The maximum absolute atomic E-state index is 5.69. The van der Waals surface area contributed by atoms with Crippen molar-refractivity contribution < 1.29 is 4.52 Å². The van der Waals surface area contributed by atoms with Crippen LogP contribution in [0.5, 0.6) is 0 Å². The number of aromatic amines is 1. The lowest BCUT2D eigenvalue weighted by molar-refractivity contribution is 0.422. The van der Waals surface area contributed by atoms with E-state index in [0.717, 1.165) is 27.3 Å². The Morgan fingerprint density at radius 2 is 2.00 bits per heavy atom. The molecule has 4 aromatic rings. The SMILES string of the molecule is NCc1ccc2[nH]c(-c3ccc(-c4ccon4)s3)cc2c1. The molecule has 0 radical (unpaired) electrons. The van der Waals surface area contributed by atoms with E-state index in [1.807, 2.05) is 6.07 Å². The van der Waals surface area contributed by atoms with Crippen LogP contribution in [0.25, 0.3) is 32.0 Å². The molecule has 4 rings (SSSR count). The minimum absolute atomic E-state index is 0.561. The van der Waals surface area contributed by atoms with Gasteiger partial charge in [0, 0.05) is 23.5 Å². The van der Waals surface area contributed by atoms with Crippen LogP contribution in [0.3, 0.4) is 0 Å². The topological polar surface area (TPSA) is 67.8 Å². The van der Waals surface area contributed by atoms with Crippen molar-refractivity contribution in [3.05, 3.63) is 54.3 Å². The molecule has 0 saturated heterocycles. The molecular weight excluding hydrogens is 282 g/mol. The van der Waals surface area contributed by atoms with Crippen LogP contribution in [-0.4, -0.2) is 10.1 Å². The van der Waals surface area contributed by atoms with E-state index in [4.69, 9.17) is 10.3 Å². The summed E-state index contributed by atoms with van der Waals surface area (Å²) in [5.74, 6) is 0. The van der Waals surface area contributed by atoms with Crippen LogP contribution in [0.15, 0.2) is 53.3 Å². The van der Waals surface area contributed by atoms with E-state index in [2.05, 4.69) is 46.5 Å². The Bertz CT molecular complexity index is 889. The van der Waals surface area contributed by atoms with Crippen molar-refractivity contribution in [2.75, 3.05) is 0 Å². The van der Waals surface area contributed by atoms with Crippen LogP contribution >= 0.6 is 11.3 Å². The zero-order chi connectivity index (χ0) is 14.2. The van der Waals surface area contributed by atoms with E-state index in [-0.39, 0.29) is 0 Å². The van der Waals surface area contributed by atoms with Gasteiger partial charge in [0.15, 0.2) is 0 Å². The second kappa shape index (κ2) is 4.87. The Morgan fingerprint density at radius 3 is 2.81 bits per heavy atom. The molecule has 104 valence electrons. The van der Waals surface area contributed by atoms with Crippen LogP contribution < -0.4 is 5.73 Å². The van der Waals surface area contributed by atoms with Crippen molar-refractivity contribution in [3.8, 4) is 21.1 Å². The Labute approximate surface area is 125 Å². The van der Waals surface area contributed by atoms with Gasteiger partial charge in [-0.2, -0.15) is 0 Å². The average Bonchev–Trinajstić information content (AvgIpc) is 3.23. The molecule has 0 saturated carbocycles. The molecule has 0 aliphatic carbocycles. The van der Waals surface area contributed by atoms with Crippen LogP contribution in [0.1, 0.15) is 5.56 Å². The highest BCUT2D eigenvalue weighted by molar-refractivity contribution is 7.18. The third-order valence-corrected chi connectivity index (χ3v) is 4.62. The fraction of sp³-hybridized carbons (Fsp3) is 0.0625. The molecule has 1 aromatic carbocycles. The second-order valence-corrected chi connectivity index (χ2v) is 5.94. The normalized spacial score (nSPS) is 11.3. The van der Waals surface area contributed by atoms with Gasteiger partial charge < -0.3 is 15.2 Å². The summed E-state index contributed by atoms with van der Waals surface area (Å²) < 4.78 is 4.89. The molecule has 0 unspecified atom stereocenters. The van der Waals surface area contributed by atoms with E-state index in [1.54, 1.807) is 17.6 Å². The maximum atomic E-state index is 5.69. The lowest BCUT2D eigenvalue weighted by Gasteiger charge is -1.95. The Balaban J connectivity index is 1.76. The number of hydrogen-bond donors (Lipinski definition) is 2. The summed E-state index contributed by atoms with van der Waals surface area (Å²) >= 11 is 1.69. The van der Waals surface area contributed by atoms with Crippen LogP contribution in [-0.2, 0) is 6.54 Å².